The number of hydrogen-bond donors (Lipinski definition) is 1. The summed E-state index contributed by atoms with van der Waals surface area (Å²) in [5, 5.41) is 14.5. The number of benzene rings is 1. The van der Waals surface area contributed by atoms with Crippen molar-refractivity contribution in [2.75, 3.05) is 11.9 Å². The molecule has 7 heteroatoms. The molecule has 2 heterocycles. The molecule has 7 nitrogen and oxygen atoms in total. The molecule has 0 saturated carbocycles. The van der Waals surface area contributed by atoms with Crippen molar-refractivity contribution in [1.82, 2.24) is 20.2 Å². The summed E-state index contributed by atoms with van der Waals surface area (Å²) in [6.07, 6.45) is 2.87. The number of carbonyl (C=O) groups is 1. The van der Waals surface area contributed by atoms with Crippen LogP contribution in [0.15, 0.2) is 18.2 Å². The average molecular weight is 301 g/mol. The lowest BCUT2D eigenvalue weighted by Gasteiger charge is -2.20. The van der Waals surface area contributed by atoms with E-state index in [1.54, 1.807) is 4.68 Å². The topological polar surface area (TPSA) is 81.9 Å². The third-order valence-electron chi connectivity index (χ3n) is 3.72. The van der Waals surface area contributed by atoms with E-state index in [-0.39, 0.29) is 5.91 Å². The molecule has 0 radical (unpaired) electrons. The first kappa shape index (κ1) is 14.5. The Morgan fingerprint density at radius 3 is 3.14 bits per heavy atom. The molecule has 1 aromatic heterocycles. The Morgan fingerprint density at radius 1 is 1.36 bits per heavy atom. The van der Waals surface area contributed by atoms with Gasteiger partial charge >= 0.3 is 0 Å². The van der Waals surface area contributed by atoms with Crippen molar-refractivity contribution in [2.45, 2.75) is 39.2 Å². The molecule has 1 aromatic carbocycles. The average Bonchev–Trinajstić information content (AvgIpc) is 2.98. The van der Waals surface area contributed by atoms with Crippen LogP contribution in [0.25, 0.3) is 0 Å². The maximum Gasteiger partial charge on any atom is 0.224 e. The Kier molecular flexibility index (Phi) is 4.32. The molecule has 1 aliphatic heterocycles. The molecular formula is C15H19N5O2. The third kappa shape index (κ3) is 3.08. The van der Waals surface area contributed by atoms with Crippen LogP contribution in [0.5, 0.6) is 5.75 Å². The Labute approximate surface area is 128 Å². The SMILES string of the molecule is CCn1nnnc1CCCOc1cccc2c1CCC(=O)N2. The van der Waals surface area contributed by atoms with Gasteiger partial charge in [0.2, 0.25) is 5.91 Å². The van der Waals surface area contributed by atoms with Crippen LogP contribution in [-0.2, 0) is 24.2 Å². The van der Waals surface area contributed by atoms with Gasteiger partial charge in [-0.05, 0) is 42.3 Å². The summed E-state index contributed by atoms with van der Waals surface area (Å²) < 4.78 is 7.67. The normalized spacial score (nSPS) is 13.6. The second kappa shape index (κ2) is 6.55. The van der Waals surface area contributed by atoms with Crippen LogP contribution >= 0.6 is 0 Å². The van der Waals surface area contributed by atoms with E-state index in [0.717, 1.165) is 48.6 Å². The van der Waals surface area contributed by atoms with Gasteiger partial charge in [0.1, 0.15) is 5.75 Å². The van der Waals surface area contributed by atoms with E-state index in [2.05, 4.69) is 20.8 Å². The molecule has 1 amide bonds. The molecule has 0 spiro atoms. The lowest BCUT2D eigenvalue weighted by molar-refractivity contribution is -0.116. The van der Waals surface area contributed by atoms with Crippen molar-refractivity contribution in [2.24, 2.45) is 0 Å². The first-order valence-corrected chi connectivity index (χ1v) is 7.57. The van der Waals surface area contributed by atoms with Crippen LogP contribution in [0.3, 0.4) is 0 Å². The zero-order chi connectivity index (χ0) is 15.4. The van der Waals surface area contributed by atoms with Gasteiger partial charge < -0.3 is 10.1 Å². The van der Waals surface area contributed by atoms with Gasteiger partial charge in [-0.15, -0.1) is 5.10 Å². The molecule has 0 aliphatic carbocycles. The molecule has 0 atom stereocenters. The highest BCUT2D eigenvalue weighted by atomic mass is 16.5. The summed E-state index contributed by atoms with van der Waals surface area (Å²) in [5.41, 5.74) is 1.95. The van der Waals surface area contributed by atoms with Gasteiger partial charge in [-0.1, -0.05) is 6.07 Å². The van der Waals surface area contributed by atoms with E-state index >= 15 is 0 Å². The molecule has 3 rings (SSSR count). The molecule has 2 aromatic rings. The summed E-state index contributed by atoms with van der Waals surface area (Å²) >= 11 is 0. The number of nitrogens with one attached hydrogen (secondary N) is 1. The number of aryl methyl sites for hydroxylation is 2. The first-order valence-electron chi connectivity index (χ1n) is 7.57. The Morgan fingerprint density at radius 2 is 2.27 bits per heavy atom. The molecular weight excluding hydrogens is 282 g/mol. The number of hydrogen-bond acceptors (Lipinski definition) is 5. The Hall–Kier alpha value is -2.44. The molecule has 22 heavy (non-hydrogen) atoms. The molecule has 0 saturated heterocycles. The minimum absolute atomic E-state index is 0.0658. The van der Waals surface area contributed by atoms with Crippen LogP contribution in [0.1, 0.15) is 31.2 Å². The summed E-state index contributed by atoms with van der Waals surface area (Å²) in [5.74, 6) is 1.80. The molecule has 0 fully saturated rings. The lowest BCUT2D eigenvalue weighted by atomic mass is 10.0. The minimum atomic E-state index is 0.0658. The van der Waals surface area contributed by atoms with E-state index in [9.17, 15) is 4.79 Å². The number of anilines is 1. The quantitative estimate of drug-likeness (QED) is 0.819. The highest BCUT2D eigenvalue weighted by Gasteiger charge is 2.18. The van der Waals surface area contributed by atoms with E-state index in [0.29, 0.717) is 13.0 Å². The van der Waals surface area contributed by atoms with Crippen molar-refractivity contribution in [3.8, 4) is 5.75 Å². The Balaban J connectivity index is 1.56. The van der Waals surface area contributed by atoms with Gasteiger partial charge in [-0.2, -0.15) is 0 Å². The molecule has 0 bridgehead atoms. The summed E-state index contributed by atoms with van der Waals surface area (Å²) in [4.78, 5) is 11.4. The van der Waals surface area contributed by atoms with E-state index in [4.69, 9.17) is 4.74 Å². The number of aromatic nitrogens is 4. The minimum Gasteiger partial charge on any atom is -0.493 e. The van der Waals surface area contributed by atoms with Crippen molar-refractivity contribution in [3.05, 3.63) is 29.6 Å². The summed E-state index contributed by atoms with van der Waals surface area (Å²) in [6.45, 7) is 3.39. The van der Waals surface area contributed by atoms with Gasteiger partial charge in [0, 0.05) is 30.6 Å². The standard InChI is InChI=1S/C15H19N5O2/c1-2-20-14(17-18-19-20)7-4-10-22-13-6-3-5-12-11(13)8-9-15(21)16-12/h3,5-6H,2,4,7-10H2,1H3,(H,16,21). The smallest absolute Gasteiger partial charge is 0.224 e. The number of nitrogens with zero attached hydrogens (tertiary/aromatic N) is 4. The number of tetrazole rings is 1. The fourth-order valence-electron chi connectivity index (χ4n) is 2.59. The fraction of sp³-hybridized carbons (Fsp3) is 0.467. The van der Waals surface area contributed by atoms with Crippen LogP contribution < -0.4 is 10.1 Å². The molecule has 116 valence electrons. The highest BCUT2D eigenvalue weighted by Crippen LogP contribution is 2.31. The molecule has 0 unspecified atom stereocenters. The van der Waals surface area contributed by atoms with Gasteiger partial charge in [0.15, 0.2) is 5.82 Å². The largest absolute Gasteiger partial charge is 0.493 e. The highest BCUT2D eigenvalue weighted by molar-refractivity contribution is 5.94. The second-order valence-electron chi connectivity index (χ2n) is 5.19. The van der Waals surface area contributed by atoms with Gasteiger partial charge in [0.25, 0.3) is 0 Å². The predicted octanol–water partition coefficient (Wildman–Crippen LogP) is 1.59. The fourth-order valence-corrected chi connectivity index (χ4v) is 2.59. The number of carbonyl (C=O) groups excluding carboxylic acids is 1. The van der Waals surface area contributed by atoms with E-state index < -0.39 is 0 Å². The number of ether oxygens (including phenoxy) is 1. The van der Waals surface area contributed by atoms with Crippen molar-refractivity contribution < 1.29 is 9.53 Å². The zero-order valence-corrected chi connectivity index (χ0v) is 12.6. The molecule has 1 N–H and O–H groups in total. The van der Waals surface area contributed by atoms with Gasteiger partial charge in [-0.3, -0.25) is 4.79 Å². The van der Waals surface area contributed by atoms with Crippen LogP contribution in [0.2, 0.25) is 0 Å². The number of fused-ring (bicyclic) bond motifs is 1. The maximum atomic E-state index is 11.4. The van der Waals surface area contributed by atoms with Gasteiger partial charge in [0.05, 0.1) is 6.61 Å². The number of rotatable bonds is 6. The monoisotopic (exact) mass is 301 g/mol. The number of amides is 1. The van der Waals surface area contributed by atoms with Crippen LogP contribution in [0, 0.1) is 0 Å². The first-order chi connectivity index (χ1) is 10.8. The van der Waals surface area contributed by atoms with E-state index in [1.165, 1.54) is 0 Å². The van der Waals surface area contributed by atoms with E-state index in [1.807, 2.05) is 25.1 Å². The summed E-state index contributed by atoms with van der Waals surface area (Å²) in [6, 6.07) is 5.76. The predicted molar refractivity (Wildman–Crippen MR) is 80.7 cm³/mol. The van der Waals surface area contributed by atoms with Crippen LogP contribution in [-0.4, -0.2) is 32.7 Å². The second-order valence-corrected chi connectivity index (χ2v) is 5.19. The molecule has 1 aliphatic rings. The van der Waals surface area contributed by atoms with Crippen LogP contribution in [0.4, 0.5) is 5.69 Å². The third-order valence-corrected chi connectivity index (χ3v) is 3.72. The van der Waals surface area contributed by atoms with Crippen molar-refractivity contribution in [3.63, 3.8) is 0 Å². The van der Waals surface area contributed by atoms with Crippen molar-refractivity contribution >= 4 is 11.6 Å². The van der Waals surface area contributed by atoms with Crippen molar-refractivity contribution in [1.29, 1.82) is 0 Å². The zero-order valence-electron chi connectivity index (χ0n) is 12.6. The van der Waals surface area contributed by atoms with Gasteiger partial charge in [-0.25, -0.2) is 4.68 Å². The summed E-state index contributed by atoms with van der Waals surface area (Å²) in [7, 11) is 0. The maximum absolute atomic E-state index is 11.4. The Bertz CT molecular complexity index is 668. The lowest BCUT2D eigenvalue weighted by Crippen LogP contribution is -2.19.